The molecule has 4 aromatic rings. The fourth-order valence-corrected chi connectivity index (χ4v) is 3.31. The Morgan fingerprint density at radius 2 is 1.70 bits per heavy atom. The van der Waals surface area contributed by atoms with Crippen molar-refractivity contribution in [2.75, 3.05) is 13.2 Å². The number of nitrogens with zero attached hydrogens (tertiary/aromatic N) is 4. The molecule has 1 N–H and O–H groups in total. The van der Waals surface area contributed by atoms with Crippen molar-refractivity contribution >= 4 is 5.91 Å². The van der Waals surface area contributed by atoms with Crippen LogP contribution in [0.5, 0.6) is 0 Å². The molecule has 0 spiro atoms. The zero-order chi connectivity index (χ0) is 20.8. The molecular weight excluding hydrogens is 376 g/mol. The van der Waals surface area contributed by atoms with Gasteiger partial charge >= 0.3 is 0 Å². The average Bonchev–Trinajstić information content (AvgIpc) is 3.26. The first kappa shape index (κ1) is 19.5. The Kier molecular flexibility index (Phi) is 5.96. The van der Waals surface area contributed by atoms with Crippen LogP contribution in [0.25, 0.3) is 16.9 Å². The standard InChI is InChI=1S/C24H22N4O2/c29-15-14-27(17-19-8-3-1-4-9-19)24(30)22-18-28(21-11-5-2-6-12-21)26-23(22)20-10-7-13-25-16-20/h1-13,16,18,29H,14-15,17H2. The smallest absolute Gasteiger partial charge is 0.258 e. The van der Waals surface area contributed by atoms with Gasteiger partial charge in [-0.25, -0.2) is 4.68 Å². The number of benzene rings is 2. The number of carbonyl (C=O) groups is 1. The van der Waals surface area contributed by atoms with Crippen LogP contribution in [-0.4, -0.2) is 43.8 Å². The highest BCUT2D eigenvalue weighted by atomic mass is 16.3. The van der Waals surface area contributed by atoms with Crippen LogP contribution in [0.3, 0.4) is 0 Å². The molecule has 6 heteroatoms. The van der Waals surface area contributed by atoms with Crippen LogP contribution in [0.4, 0.5) is 0 Å². The normalized spacial score (nSPS) is 10.7. The molecule has 0 aliphatic carbocycles. The van der Waals surface area contributed by atoms with Gasteiger partial charge in [0.15, 0.2) is 0 Å². The van der Waals surface area contributed by atoms with Crippen molar-refractivity contribution in [2.24, 2.45) is 0 Å². The first-order valence-electron chi connectivity index (χ1n) is 9.76. The van der Waals surface area contributed by atoms with Gasteiger partial charge in [0.2, 0.25) is 0 Å². The number of para-hydroxylation sites is 1. The largest absolute Gasteiger partial charge is 0.395 e. The molecule has 0 saturated heterocycles. The SMILES string of the molecule is O=C(c1cn(-c2ccccc2)nc1-c1cccnc1)N(CCO)Cc1ccccc1. The second kappa shape index (κ2) is 9.15. The van der Waals surface area contributed by atoms with E-state index in [1.165, 1.54) is 0 Å². The van der Waals surface area contributed by atoms with Gasteiger partial charge in [-0.1, -0.05) is 48.5 Å². The van der Waals surface area contributed by atoms with Gasteiger partial charge in [0.25, 0.3) is 5.91 Å². The van der Waals surface area contributed by atoms with Gasteiger partial charge in [-0.15, -0.1) is 0 Å². The van der Waals surface area contributed by atoms with Gasteiger partial charge in [-0.2, -0.15) is 5.10 Å². The second-order valence-corrected chi connectivity index (χ2v) is 6.85. The zero-order valence-corrected chi connectivity index (χ0v) is 16.4. The number of hydrogen-bond donors (Lipinski definition) is 1. The molecule has 150 valence electrons. The topological polar surface area (TPSA) is 71.2 Å². The lowest BCUT2D eigenvalue weighted by Crippen LogP contribution is -2.33. The molecule has 0 atom stereocenters. The number of aliphatic hydroxyl groups is 1. The van der Waals surface area contributed by atoms with Gasteiger partial charge in [-0.3, -0.25) is 9.78 Å². The van der Waals surface area contributed by atoms with Gasteiger partial charge in [0.1, 0.15) is 5.69 Å². The highest BCUT2D eigenvalue weighted by Gasteiger charge is 2.23. The summed E-state index contributed by atoms with van der Waals surface area (Å²) in [6.07, 6.45) is 5.13. The van der Waals surface area contributed by atoms with Crippen molar-refractivity contribution in [2.45, 2.75) is 6.54 Å². The van der Waals surface area contributed by atoms with Crippen LogP contribution in [0.2, 0.25) is 0 Å². The fraction of sp³-hybridized carbons (Fsp3) is 0.125. The molecule has 0 aliphatic heterocycles. The molecule has 2 heterocycles. The van der Waals surface area contributed by atoms with Gasteiger partial charge in [0.05, 0.1) is 17.9 Å². The second-order valence-electron chi connectivity index (χ2n) is 6.85. The summed E-state index contributed by atoms with van der Waals surface area (Å²) in [4.78, 5) is 19.3. The quantitative estimate of drug-likeness (QED) is 0.517. The summed E-state index contributed by atoms with van der Waals surface area (Å²) >= 11 is 0. The van der Waals surface area contributed by atoms with E-state index in [4.69, 9.17) is 0 Å². The highest BCUT2D eigenvalue weighted by Crippen LogP contribution is 2.25. The lowest BCUT2D eigenvalue weighted by atomic mass is 10.1. The van der Waals surface area contributed by atoms with E-state index in [1.54, 1.807) is 28.2 Å². The number of pyridine rings is 1. The first-order chi connectivity index (χ1) is 14.8. The van der Waals surface area contributed by atoms with E-state index in [0.717, 1.165) is 16.8 Å². The summed E-state index contributed by atoms with van der Waals surface area (Å²) in [6.45, 7) is 0.521. The molecule has 0 bridgehead atoms. The monoisotopic (exact) mass is 398 g/mol. The molecule has 0 unspecified atom stereocenters. The molecule has 1 amide bonds. The average molecular weight is 398 g/mol. The van der Waals surface area contributed by atoms with E-state index < -0.39 is 0 Å². The minimum Gasteiger partial charge on any atom is -0.395 e. The Morgan fingerprint density at radius 1 is 0.967 bits per heavy atom. The van der Waals surface area contributed by atoms with Crippen molar-refractivity contribution in [1.29, 1.82) is 0 Å². The Hall–Kier alpha value is -3.77. The van der Waals surface area contributed by atoms with Crippen LogP contribution >= 0.6 is 0 Å². The number of aliphatic hydroxyl groups excluding tert-OH is 1. The molecule has 0 saturated carbocycles. The van der Waals surface area contributed by atoms with Gasteiger partial charge in [0, 0.05) is 37.2 Å². The van der Waals surface area contributed by atoms with E-state index in [0.29, 0.717) is 17.8 Å². The van der Waals surface area contributed by atoms with Crippen molar-refractivity contribution in [3.8, 4) is 16.9 Å². The van der Waals surface area contributed by atoms with E-state index in [-0.39, 0.29) is 19.1 Å². The van der Waals surface area contributed by atoms with E-state index in [1.807, 2.05) is 72.8 Å². The number of hydrogen-bond acceptors (Lipinski definition) is 4. The molecule has 0 radical (unpaired) electrons. The van der Waals surface area contributed by atoms with Crippen LogP contribution in [0.15, 0.2) is 91.4 Å². The number of amides is 1. The van der Waals surface area contributed by atoms with E-state index >= 15 is 0 Å². The minimum atomic E-state index is -0.186. The first-order valence-corrected chi connectivity index (χ1v) is 9.76. The third kappa shape index (κ3) is 4.29. The molecule has 4 rings (SSSR count). The number of carbonyl (C=O) groups excluding carboxylic acids is 1. The van der Waals surface area contributed by atoms with Crippen LogP contribution in [0.1, 0.15) is 15.9 Å². The Bertz CT molecular complexity index is 1100. The molecular formula is C24H22N4O2. The zero-order valence-electron chi connectivity index (χ0n) is 16.4. The van der Waals surface area contributed by atoms with Gasteiger partial charge in [-0.05, 0) is 29.8 Å². The van der Waals surface area contributed by atoms with Gasteiger partial charge < -0.3 is 10.0 Å². The highest BCUT2D eigenvalue weighted by molar-refractivity contribution is 5.99. The third-order valence-corrected chi connectivity index (χ3v) is 4.77. The van der Waals surface area contributed by atoms with E-state index in [9.17, 15) is 9.90 Å². The van der Waals surface area contributed by atoms with Crippen LogP contribution < -0.4 is 0 Å². The third-order valence-electron chi connectivity index (χ3n) is 4.77. The maximum absolute atomic E-state index is 13.5. The predicted molar refractivity (Wildman–Crippen MR) is 115 cm³/mol. The predicted octanol–water partition coefficient (Wildman–Crippen LogP) is 3.57. The summed E-state index contributed by atoms with van der Waals surface area (Å²) in [7, 11) is 0. The molecule has 0 aliphatic rings. The number of aromatic nitrogens is 3. The van der Waals surface area contributed by atoms with Crippen LogP contribution in [0, 0.1) is 0 Å². The Labute approximate surface area is 175 Å². The minimum absolute atomic E-state index is 0.117. The molecule has 2 aromatic carbocycles. The summed E-state index contributed by atoms with van der Waals surface area (Å²) in [5, 5.41) is 14.2. The summed E-state index contributed by atoms with van der Waals surface area (Å²) in [6, 6.07) is 23.1. The Morgan fingerprint density at radius 3 is 2.37 bits per heavy atom. The van der Waals surface area contributed by atoms with Crippen molar-refractivity contribution in [1.82, 2.24) is 19.7 Å². The van der Waals surface area contributed by atoms with Crippen LogP contribution in [-0.2, 0) is 6.54 Å². The molecule has 6 nitrogen and oxygen atoms in total. The number of rotatable bonds is 7. The molecule has 2 aromatic heterocycles. The van der Waals surface area contributed by atoms with E-state index in [2.05, 4.69) is 10.1 Å². The summed E-state index contributed by atoms with van der Waals surface area (Å²) in [5.41, 5.74) is 3.65. The Balaban J connectivity index is 1.75. The summed E-state index contributed by atoms with van der Waals surface area (Å²) < 4.78 is 1.70. The summed E-state index contributed by atoms with van der Waals surface area (Å²) in [5.74, 6) is -0.186. The van der Waals surface area contributed by atoms with Crippen molar-refractivity contribution in [3.05, 3.63) is 103 Å². The maximum atomic E-state index is 13.5. The molecule has 0 fully saturated rings. The lowest BCUT2D eigenvalue weighted by molar-refractivity contribution is 0.0708. The molecule has 30 heavy (non-hydrogen) atoms. The van der Waals surface area contributed by atoms with Crippen molar-refractivity contribution in [3.63, 3.8) is 0 Å². The fourth-order valence-electron chi connectivity index (χ4n) is 3.31. The van der Waals surface area contributed by atoms with Crippen molar-refractivity contribution < 1.29 is 9.90 Å². The maximum Gasteiger partial charge on any atom is 0.258 e. The lowest BCUT2D eigenvalue weighted by Gasteiger charge is -2.22.